The molecule has 0 fully saturated rings. The van der Waals surface area contributed by atoms with Crippen LogP contribution < -0.4 is 5.73 Å². The Labute approximate surface area is 90.0 Å². The molecule has 0 unspecified atom stereocenters. The molecule has 0 heterocycles. The molecule has 1 rings (SSSR count). The lowest BCUT2D eigenvalue weighted by Crippen LogP contribution is -2.08. The van der Waals surface area contributed by atoms with Crippen LogP contribution >= 0.6 is 24.0 Å². The molecular weight excluding hydrogens is 205 g/mol. The third kappa shape index (κ3) is 2.73. The van der Waals surface area contributed by atoms with Crippen molar-refractivity contribution in [2.24, 2.45) is 5.73 Å². The first-order valence-electron chi connectivity index (χ1n) is 3.80. The van der Waals surface area contributed by atoms with Crippen LogP contribution in [0.3, 0.4) is 0 Å². The second-order valence-electron chi connectivity index (χ2n) is 2.73. The second-order valence-corrected chi connectivity index (χ2v) is 3.14. The first-order valence-corrected chi connectivity index (χ1v) is 4.17. The summed E-state index contributed by atoms with van der Waals surface area (Å²) in [6.45, 7) is 5.63. The summed E-state index contributed by atoms with van der Waals surface area (Å²) in [4.78, 5) is 0. The highest BCUT2D eigenvalue weighted by atomic mass is 35.5. The quantitative estimate of drug-likeness (QED) is 0.757. The molecule has 13 heavy (non-hydrogen) atoms. The fourth-order valence-corrected chi connectivity index (χ4v) is 1.53. The molecule has 1 nitrogen and oxygen atoms in total. The van der Waals surface area contributed by atoms with Crippen LogP contribution in [-0.2, 0) is 0 Å². The topological polar surface area (TPSA) is 26.0 Å². The number of halogens is 2. The normalized spacial score (nSPS) is 11.6. The highest BCUT2D eigenvalue weighted by Gasteiger charge is 2.08. The molecule has 0 saturated heterocycles. The van der Waals surface area contributed by atoms with Gasteiger partial charge in [0.25, 0.3) is 0 Å². The Morgan fingerprint density at radius 1 is 1.54 bits per heavy atom. The van der Waals surface area contributed by atoms with Gasteiger partial charge in [0.15, 0.2) is 0 Å². The average Bonchev–Trinajstić information content (AvgIpc) is 2.03. The van der Waals surface area contributed by atoms with Gasteiger partial charge in [0, 0.05) is 11.1 Å². The zero-order valence-electron chi connectivity index (χ0n) is 7.46. The molecule has 0 aliphatic rings. The minimum Gasteiger partial charge on any atom is -0.321 e. The standard InChI is InChI=1S/C10H12ClN.ClH/c1-3-9(12)10-7(2)5-4-6-8(10)11;/h3-6,9H,1,12H2,2H3;1H/t9-;/m0./s1. The van der Waals surface area contributed by atoms with Crippen LogP contribution in [0.2, 0.25) is 5.02 Å². The van der Waals surface area contributed by atoms with Gasteiger partial charge in [-0.25, -0.2) is 0 Å². The van der Waals surface area contributed by atoms with E-state index >= 15 is 0 Å². The van der Waals surface area contributed by atoms with E-state index in [2.05, 4.69) is 6.58 Å². The van der Waals surface area contributed by atoms with E-state index in [0.29, 0.717) is 5.02 Å². The minimum absolute atomic E-state index is 0. The van der Waals surface area contributed by atoms with Crippen LogP contribution in [0, 0.1) is 6.92 Å². The smallest absolute Gasteiger partial charge is 0.0496 e. The Kier molecular flexibility index (Phi) is 5.07. The molecule has 0 amide bonds. The van der Waals surface area contributed by atoms with E-state index in [1.54, 1.807) is 6.08 Å². The van der Waals surface area contributed by atoms with Gasteiger partial charge >= 0.3 is 0 Å². The Hall–Kier alpha value is -0.500. The maximum atomic E-state index is 5.98. The van der Waals surface area contributed by atoms with Crippen LogP contribution in [-0.4, -0.2) is 0 Å². The molecule has 1 aromatic rings. The van der Waals surface area contributed by atoms with Gasteiger partial charge in [-0.15, -0.1) is 19.0 Å². The lowest BCUT2D eigenvalue weighted by atomic mass is 10.0. The molecule has 1 atom stereocenters. The van der Waals surface area contributed by atoms with Crippen molar-refractivity contribution in [1.29, 1.82) is 0 Å². The highest BCUT2D eigenvalue weighted by Crippen LogP contribution is 2.25. The molecule has 3 heteroatoms. The largest absolute Gasteiger partial charge is 0.321 e. The predicted molar refractivity (Wildman–Crippen MR) is 60.6 cm³/mol. The van der Waals surface area contributed by atoms with Gasteiger partial charge in [0.1, 0.15) is 0 Å². The summed E-state index contributed by atoms with van der Waals surface area (Å²) >= 11 is 5.98. The van der Waals surface area contributed by atoms with Crippen LogP contribution in [0.1, 0.15) is 17.2 Å². The molecule has 0 aliphatic carbocycles. The minimum atomic E-state index is -0.168. The molecular formula is C10H13Cl2N. The van der Waals surface area contributed by atoms with Gasteiger partial charge in [-0.05, 0) is 24.1 Å². The van der Waals surface area contributed by atoms with E-state index in [9.17, 15) is 0 Å². The summed E-state index contributed by atoms with van der Waals surface area (Å²) in [5, 5.41) is 0.711. The fourth-order valence-electron chi connectivity index (χ4n) is 1.18. The number of rotatable bonds is 2. The number of aryl methyl sites for hydroxylation is 1. The number of hydrogen-bond acceptors (Lipinski definition) is 1. The fraction of sp³-hybridized carbons (Fsp3) is 0.200. The van der Waals surface area contributed by atoms with Crippen molar-refractivity contribution in [1.82, 2.24) is 0 Å². The van der Waals surface area contributed by atoms with Crippen LogP contribution in [0.4, 0.5) is 0 Å². The molecule has 0 spiro atoms. The van der Waals surface area contributed by atoms with E-state index in [0.717, 1.165) is 11.1 Å². The number of hydrogen-bond donors (Lipinski definition) is 1. The molecule has 72 valence electrons. The monoisotopic (exact) mass is 217 g/mol. The third-order valence-electron chi connectivity index (χ3n) is 1.86. The third-order valence-corrected chi connectivity index (χ3v) is 2.19. The van der Waals surface area contributed by atoms with E-state index in [4.69, 9.17) is 17.3 Å². The van der Waals surface area contributed by atoms with Gasteiger partial charge < -0.3 is 5.73 Å². The average molecular weight is 218 g/mol. The van der Waals surface area contributed by atoms with Crippen molar-refractivity contribution in [3.05, 3.63) is 47.0 Å². The summed E-state index contributed by atoms with van der Waals surface area (Å²) in [5.74, 6) is 0. The van der Waals surface area contributed by atoms with Crippen molar-refractivity contribution in [3.63, 3.8) is 0 Å². The van der Waals surface area contributed by atoms with Crippen molar-refractivity contribution in [2.45, 2.75) is 13.0 Å². The zero-order valence-corrected chi connectivity index (χ0v) is 9.03. The lowest BCUT2D eigenvalue weighted by Gasteiger charge is -2.11. The van der Waals surface area contributed by atoms with Gasteiger partial charge in [-0.1, -0.05) is 29.8 Å². The van der Waals surface area contributed by atoms with Gasteiger partial charge in [0.2, 0.25) is 0 Å². The molecule has 0 saturated carbocycles. The van der Waals surface area contributed by atoms with E-state index in [-0.39, 0.29) is 18.4 Å². The maximum absolute atomic E-state index is 5.98. The Bertz CT molecular complexity index is 277. The second kappa shape index (κ2) is 5.28. The first-order chi connectivity index (χ1) is 5.66. The van der Waals surface area contributed by atoms with Crippen molar-refractivity contribution < 1.29 is 0 Å². The SMILES string of the molecule is C=C[C@H](N)c1c(C)cccc1Cl.Cl. The Balaban J connectivity index is 0.00000144. The van der Waals surface area contributed by atoms with E-state index in [1.165, 1.54) is 0 Å². The predicted octanol–water partition coefficient (Wildman–Crippen LogP) is 3.26. The van der Waals surface area contributed by atoms with Crippen LogP contribution in [0.5, 0.6) is 0 Å². The molecule has 0 bridgehead atoms. The number of benzene rings is 1. The summed E-state index contributed by atoms with van der Waals surface area (Å²) in [6.07, 6.45) is 1.69. The molecule has 1 aromatic carbocycles. The summed E-state index contributed by atoms with van der Waals surface area (Å²) in [5.41, 5.74) is 7.87. The molecule has 0 radical (unpaired) electrons. The summed E-state index contributed by atoms with van der Waals surface area (Å²) < 4.78 is 0. The van der Waals surface area contributed by atoms with Gasteiger partial charge in [-0.3, -0.25) is 0 Å². The van der Waals surface area contributed by atoms with E-state index in [1.807, 2.05) is 25.1 Å². The summed E-state index contributed by atoms with van der Waals surface area (Å²) in [6, 6.07) is 5.58. The van der Waals surface area contributed by atoms with E-state index < -0.39 is 0 Å². The molecule has 0 aromatic heterocycles. The Morgan fingerprint density at radius 2 is 2.15 bits per heavy atom. The van der Waals surface area contributed by atoms with Gasteiger partial charge in [-0.2, -0.15) is 0 Å². The van der Waals surface area contributed by atoms with Crippen molar-refractivity contribution in [2.75, 3.05) is 0 Å². The Morgan fingerprint density at radius 3 is 2.62 bits per heavy atom. The molecule has 2 N–H and O–H groups in total. The lowest BCUT2D eigenvalue weighted by molar-refractivity contribution is 0.903. The first kappa shape index (κ1) is 12.5. The summed E-state index contributed by atoms with van der Waals surface area (Å²) in [7, 11) is 0. The van der Waals surface area contributed by atoms with Crippen molar-refractivity contribution >= 4 is 24.0 Å². The van der Waals surface area contributed by atoms with Crippen molar-refractivity contribution in [3.8, 4) is 0 Å². The van der Waals surface area contributed by atoms with Gasteiger partial charge in [0.05, 0.1) is 0 Å². The maximum Gasteiger partial charge on any atom is 0.0496 e. The zero-order chi connectivity index (χ0) is 9.14. The van der Waals surface area contributed by atoms with Crippen LogP contribution in [0.25, 0.3) is 0 Å². The highest BCUT2D eigenvalue weighted by molar-refractivity contribution is 6.31. The number of nitrogens with two attached hydrogens (primary N) is 1. The molecule has 0 aliphatic heterocycles. The van der Waals surface area contributed by atoms with Crippen LogP contribution in [0.15, 0.2) is 30.9 Å².